The molecule has 5 nitrogen and oxygen atoms in total. The van der Waals surface area contributed by atoms with Gasteiger partial charge in [-0.3, -0.25) is 9.59 Å². The number of pyridine rings is 1. The van der Waals surface area contributed by atoms with Crippen molar-refractivity contribution in [3.8, 4) is 0 Å². The Bertz CT molecular complexity index is 937. The van der Waals surface area contributed by atoms with Crippen LogP contribution in [0.15, 0.2) is 35.1 Å². The van der Waals surface area contributed by atoms with Crippen molar-refractivity contribution in [3.63, 3.8) is 0 Å². The Balaban J connectivity index is 1.87. The van der Waals surface area contributed by atoms with Crippen LogP contribution in [-0.2, 0) is 6.18 Å². The van der Waals surface area contributed by atoms with Crippen LogP contribution in [0.5, 0.6) is 0 Å². The number of hydrogen-bond donors (Lipinski definition) is 3. The van der Waals surface area contributed by atoms with Gasteiger partial charge >= 0.3 is 6.18 Å². The van der Waals surface area contributed by atoms with Gasteiger partial charge in [0.15, 0.2) is 0 Å². The number of carbonyl (C=O) groups is 1. The number of hydrogen-bond acceptors (Lipinski definition) is 3. The minimum absolute atomic E-state index is 0.163. The molecule has 150 valence electrons. The smallest absolute Gasteiger partial charge is 0.382 e. The average Bonchev–Trinajstić information content (AvgIpc) is 2.61. The van der Waals surface area contributed by atoms with Crippen LogP contribution in [0.3, 0.4) is 0 Å². The van der Waals surface area contributed by atoms with Crippen molar-refractivity contribution in [1.29, 1.82) is 0 Å². The van der Waals surface area contributed by atoms with Crippen LogP contribution in [0.25, 0.3) is 0 Å². The number of rotatable bonds is 4. The van der Waals surface area contributed by atoms with E-state index in [1.165, 1.54) is 0 Å². The summed E-state index contributed by atoms with van der Waals surface area (Å²) in [4.78, 5) is 26.4. The summed E-state index contributed by atoms with van der Waals surface area (Å²) in [6.07, 6.45) is -2.15. The van der Waals surface area contributed by atoms with E-state index in [1.807, 2.05) is 25.1 Å². The molecule has 1 aromatic heterocycles. The molecule has 0 saturated heterocycles. The summed E-state index contributed by atoms with van der Waals surface area (Å²) in [7, 11) is 0. The van der Waals surface area contributed by atoms with Gasteiger partial charge in [0.25, 0.3) is 11.5 Å². The third kappa shape index (κ3) is 4.21. The van der Waals surface area contributed by atoms with Gasteiger partial charge in [-0.25, -0.2) is 0 Å². The molecule has 0 aliphatic carbocycles. The van der Waals surface area contributed by atoms with Gasteiger partial charge in [0.1, 0.15) is 11.3 Å². The number of anilines is 1. The van der Waals surface area contributed by atoms with E-state index in [1.54, 1.807) is 4.98 Å². The minimum atomic E-state index is -4.67. The molecule has 2 atom stereocenters. The number of benzene rings is 1. The van der Waals surface area contributed by atoms with E-state index in [4.69, 9.17) is 0 Å². The molecule has 0 fully saturated rings. The lowest BCUT2D eigenvalue weighted by Crippen LogP contribution is -2.39. The molecule has 1 aliphatic rings. The minimum Gasteiger partial charge on any atom is -0.382 e. The van der Waals surface area contributed by atoms with Gasteiger partial charge in [0.05, 0.1) is 6.04 Å². The Labute approximate surface area is 160 Å². The fraction of sp³-hybridized carbons (Fsp3) is 0.400. The van der Waals surface area contributed by atoms with Gasteiger partial charge in [-0.1, -0.05) is 31.0 Å². The van der Waals surface area contributed by atoms with E-state index in [2.05, 4.69) is 17.6 Å². The molecular formula is C20H22F3N3O2. The molecule has 1 amide bonds. The molecule has 2 heterocycles. The van der Waals surface area contributed by atoms with Gasteiger partial charge in [0, 0.05) is 11.7 Å². The van der Waals surface area contributed by atoms with E-state index in [0.717, 1.165) is 35.7 Å². The molecular weight excluding hydrogens is 371 g/mol. The maximum atomic E-state index is 12.7. The summed E-state index contributed by atoms with van der Waals surface area (Å²) in [6.45, 7) is 4.01. The number of aryl methyl sites for hydroxylation is 1. The maximum Gasteiger partial charge on any atom is 0.431 e. The normalized spacial score (nSPS) is 18.9. The number of amides is 1. The third-order valence-corrected chi connectivity index (χ3v) is 4.86. The van der Waals surface area contributed by atoms with Crippen molar-refractivity contribution in [2.45, 2.75) is 51.4 Å². The van der Waals surface area contributed by atoms with E-state index in [-0.39, 0.29) is 17.6 Å². The molecule has 0 saturated carbocycles. The predicted octanol–water partition coefficient (Wildman–Crippen LogP) is 4.16. The molecule has 0 bridgehead atoms. The van der Waals surface area contributed by atoms with Gasteiger partial charge in [-0.2, -0.15) is 13.2 Å². The van der Waals surface area contributed by atoms with Crippen LogP contribution in [0, 0.1) is 6.92 Å². The Kier molecular flexibility index (Phi) is 5.49. The lowest BCUT2D eigenvalue weighted by atomic mass is 9.89. The first-order valence-electron chi connectivity index (χ1n) is 9.17. The fourth-order valence-electron chi connectivity index (χ4n) is 3.52. The Morgan fingerprint density at radius 1 is 1.25 bits per heavy atom. The number of alkyl halides is 3. The van der Waals surface area contributed by atoms with Crippen molar-refractivity contribution in [2.24, 2.45) is 0 Å². The number of aromatic nitrogens is 1. The number of fused-ring (bicyclic) bond motifs is 1. The molecule has 0 unspecified atom stereocenters. The van der Waals surface area contributed by atoms with Crippen LogP contribution in [0.1, 0.15) is 59.4 Å². The quantitative estimate of drug-likeness (QED) is 0.730. The van der Waals surface area contributed by atoms with E-state index in [0.29, 0.717) is 12.5 Å². The highest BCUT2D eigenvalue weighted by molar-refractivity contribution is 5.94. The van der Waals surface area contributed by atoms with E-state index < -0.39 is 23.3 Å². The zero-order valence-electron chi connectivity index (χ0n) is 15.6. The second kappa shape index (κ2) is 7.69. The number of halogens is 3. The largest absolute Gasteiger partial charge is 0.431 e. The van der Waals surface area contributed by atoms with Crippen LogP contribution in [-0.4, -0.2) is 16.9 Å². The maximum absolute atomic E-state index is 12.7. The zero-order chi connectivity index (χ0) is 20.5. The Morgan fingerprint density at radius 3 is 2.64 bits per heavy atom. The van der Waals surface area contributed by atoms with Crippen molar-refractivity contribution in [1.82, 2.24) is 10.3 Å². The Morgan fingerprint density at radius 2 is 2.00 bits per heavy atom. The highest BCUT2D eigenvalue weighted by Gasteiger charge is 2.33. The molecule has 1 aromatic carbocycles. The van der Waals surface area contributed by atoms with Gasteiger partial charge in [0.2, 0.25) is 0 Å². The van der Waals surface area contributed by atoms with E-state index in [9.17, 15) is 22.8 Å². The van der Waals surface area contributed by atoms with Gasteiger partial charge < -0.3 is 15.6 Å². The lowest BCUT2D eigenvalue weighted by Gasteiger charge is -2.34. The summed E-state index contributed by atoms with van der Waals surface area (Å²) in [6, 6.07) is 7.34. The van der Waals surface area contributed by atoms with Crippen molar-refractivity contribution in [2.75, 3.05) is 5.32 Å². The highest BCUT2D eigenvalue weighted by Crippen LogP contribution is 2.34. The first-order chi connectivity index (χ1) is 13.2. The van der Waals surface area contributed by atoms with Crippen LogP contribution in [0.2, 0.25) is 0 Å². The zero-order valence-corrected chi connectivity index (χ0v) is 15.6. The summed E-state index contributed by atoms with van der Waals surface area (Å²) in [5.74, 6) is -0.690. The second-order valence-electron chi connectivity index (χ2n) is 7.09. The molecule has 0 radical (unpaired) electrons. The number of aromatic amines is 1. The SMILES string of the molecule is CCC[C@@H]1C[C@@H](NC(=O)c2ccc(C(F)(F)F)[nH]c2=O)c2cc(C)ccc2N1. The van der Waals surface area contributed by atoms with Crippen molar-refractivity contribution < 1.29 is 18.0 Å². The average molecular weight is 393 g/mol. The summed E-state index contributed by atoms with van der Waals surface area (Å²) in [5.41, 5.74) is 0.274. The highest BCUT2D eigenvalue weighted by atomic mass is 19.4. The van der Waals surface area contributed by atoms with Crippen molar-refractivity contribution >= 4 is 11.6 Å². The first kappa shape index (κ1) is 20.0. The monoisotopic (exact) mass is 393 g/mol. The van der Waals surface area contributed by atoms with E-state index >= 15 is 0 Å². The molecule has 28 heavy (non-hydrogen) atoms. The predicted molar refractivity (Wildman–Crippen MR) is 100 cm³/mol. The topological polar surface area (TPSA) is 74.0 Å². The van der Waals surface area contributed by atoms with Crippen LogP contribution >= 0.6 is 0 Å². The summed E-state index contributed by atoms with van der Waals surface area (Å²) >= 11 is 0. The standard InChI is InChI=1S/C20H22F3N3O2/c1-3-4-12-10-16(14-9-11(2)5-7-15(14)24-12)25-18(27)13-6-8-17(20(21,22)23)26-19(13)28/h5-9,12,16,24H,3-4,10H2,1-2H3,(H,25,27)(H,26,28)/t12-,16-/m1/s1. The first-order valence-corrected chi connectivity index (χ1v) is 9.17. The molecule has 2 aromatic rings. The second-order valence-corrected chi connectivity index (χ2v) is 7.09. The number of carbonyl (C=O) groups excluding carboxylic acids is 1. The summed E-state index contributed by atoms with van der Waals surface area (Å²) < 4.78 is 38.1. The van der Waals surface area contributed by atoms with Gasteiger partial charge in [-0.15, -0.1) is 0 Å². The van der Waals surface area contributed by atoms with Crippen molar-refractivity contribution in [3.05, 3.63) is 63.1 Å². The van der Waals surface area contributed by atoms with Crippen LogP contribution in [0.4, 0.5) is 18.9 Å². The fourth-order valence-corrected chi connectivity index (χ4v) is 3.52. The number of nitrogens with one attached hydrogen (secondary N) is 3. The molecule has 8 heteroatoms. The molecule has 1 aliphatic heterocycles. The third-order valence-electron chi connectivity index (χ3n) is 4.86. The van der Waals surface area contributed by atoms with Crippen LogP contribution < -0.4 is 16.2 Å². The Hall–Kier alpha value is -2.77. The van der Waals surface area contributed by atoms with Gasteiger partial charge in [-0.05, 0) is 43.5 Å². The molecule has 0 spiro atoms. The molecule has 3 rings (SSSR count). The number of H-pyrrole nitrogens is 1. The summed E-state index contributed by atoms with van der Waals surface area (Å²) in [5, 5.41) is 6.29. The molecule has 3 N–H and O–H groups in total. The lowest BCUT2D eigenvalue weighted by molar-refractivity contribution is -0.141.